The van der Waals surface area contributed by atoms with Gasteiger partial charge in [0.15, 0.2) is 0 Å². The van der Waals surface area contributed by atoms with Crippen LogP contribution in [0.15, 0.2) is 72.4 Å². The SMILES string of the molecule is CC[C@H](C)c1ccc(N2C(=O)NC(=O)/C(=C\c3cccn3CCOc3ccc(Cl)cc3)C2=O)cc1. The van der Waals surface area contributed by atoms with E-state index in [1.54, 1.807) is 42.5 Å². The molecule has 1 N–H and O–H groups in total. The summed E-state index contributed by atoms with van der Waals surface area (Å²) in [5.41, 5.74) is 2.05. The van der Waals surface area contributed by atoms with Gasteiger partial charge in [-0.15, -0.1) is 0 Å². The number of barbiturate groups is 1. The van der Waals surface area contributed by atoms with Crippen LogP contribution < -0.4 is 15.0 Å². The first-order valence-corrected chi connectivity index (χ1v) is 11.8. The molecule has 35 heavy (non-hydrogen) atoms. The number of carbonyl (C=O) groups excluding carboxylic acids is 3. The van der Waals surface area contributed by atoms with Gasteiger partial charge in [-0.1, -0.05) is 37.6 Å². The molecular formula is C27H26ClN3O4. The van der Waals surface area contributed by atoms with Crippen molar-refractivity contribution >= 4 is 41.2 Å². The fraction of sp³-hybridized carbons (Fsp3) is 0.222. The number of halogens is 1. The molecule has 1 saturated heterocycles. The van der Waals surface area contributed by atoms with Crippen LogP contribution in [-0.2, 0) is 16.1 Å². The number of imide groups is 2. The van der Waals surface area contributed by atoms with Crippen molar-refractivity contribution in [2.45, 2.75) is 32.7 Å². The first-order valence-electron chi connectivity index (χ1n) is 11.4. The van der Waals surface area contributed by atoms with Crippen LogP contribution in [0.3, 0.4) is 0 Å². The maximum Gasteiger partial charge on any atom is 0.335 e. The van der Waals surface area contributed by atoms with E-state index in [0.29, 0.717) is 41.2 Å². The molecular weight excluding hydrogens is 466 g/mol. The van der Waals surface area contributed by atoms with Gasteiger partial charge in [-0.25, -0.2) is 9.69 Å². The summed E-state index contributed by atoms with van der Waals surface area (Å²) in [7, 11) is 0. The predicted octanol–water partition coefficient (Wildman–Crippen LogP) is 5.40. The van der Waals surface area contributed by atoms with E-state index in [1.807, 2.05) is 29.0 Å². The standard InChI is InChI=1S/C27H26ClN3O4/c1-3-18(2)19-6-10-21(11-7-19)31-26(33)24(25(32)29-27(31)34)17-22-5-4-14-30(22)15-16-35-23-12-8-20(28)9-13-23/h4-14,17-18H,3,15-16H2,1-2H3,(H,29,32,34)/b24-17+/t18-/m0/s1. The van der Waals surface area contributed by atoms with Gasteiger partial charge in [-0.3, -0.25) is 14.9 Å². The second kappa shape index (κ2) is 10.6. The Balaban J connectivity index is 1.51. The van der Waals surface area contributed by atoms with Gasteiger partial charge in [0.05, 0.1) is 12.2 Å². The predicted molar refractivity (Wildman–Crippen MR) is 136 cm³/mol. The third-order valence-electron chi connectivity index (χ3n) is 6.01. The van der Waals surface area contributed by atoms with Crippen LogP contribution in [0, 0.1) is 0 Å². The zero-order valence-corrected chi connectivity index (χ0v) is 20.3. The van der Waals surface area contributed by atoms with Gasteiger partial charge in [-0.05, 0) is 72.5 Å². The molecule has 1 fully saturated rings. The number of hydrogen-bond acceptors (Lipinski definition) is 4. The molecule has 0 saturated carbocycles. The normalized spacial score (nSPS) is 15.9. The summed E-state index contributed by atoms with van der Waals surface area (Å²) in [6, 6.07) is 17.2. The Morgan fingerprint density at radius 3 is 2.43 bits per heavy atom. The van der Waals surface area contributed by atoms with Crippen molar-refractivity contribution in [1.29, 1.82) is 0 Å². The van der Waals surface area contributed by atoms with Crippen molar-refractivity contribution in [2.75, 3.05) is 11.5 Å². The third kappa shape index (κ3) is 5.46. The molecule has 0 radical (unpaired) electrons. The monoisotopic (exact) mass is 491 g/mol. The van der Waals surface area contributed by atoms with E-state index in [4.69, 9.17) is 16.3 Å². The summed E-state index contributed by atoms with van der Waals surface area (Å²) in [5, 5.41) is 2.90. The molecule has 0 spiro atoms. The number of benzene rings is 2. The lowest BCUT2D eigenvalue weighted by Gasteiger charge is -2.26. The number of hydrogen-bond donors (Lipinski definition) is 1. The largest absolute Gasteiger partial charge is 0.492 e. The average Bonchev–Trinajstić information content (AvgIpc) is 3.29. The van der Waals surface area contributed by atoms with Gasteiger partial charge in [0.1, 0.15) is 17.9 Å². The molecule has 2 heterocycles. The van der Waals surface area contributed by atoms with Crippen molar-refractivity contribution in [3.63, 3.8) is 0 Å². The topological polar surface area (TPSA) is 80.6 Å². The maximum absolute atomic E-state index is 13.2. The molecule has 2 aromatic carbocycles. The van der Waals surface area contributed by atoms with Gasteiger partial charge in [0.25, 0.3) is 11.8 Å². The van der Waals surface area contributed by atoms with Gasteiger partial charge >= 0.3 is 6.03 Å². The summed E-state index contributed by atoms with van der Waals surface area (Å²) in [4.78, 5) is 39.3. The molecule has 0 aliphatic carbocycles. The number of nitrogens with zero attached hydrogens (tertiary/aromatic N) is 2. The molecule has 180 valence electrons. The van der Waals surface area contributed by atoms with E-state index in [1.165, 1.54) is 6.08 Å². The van der Waals surface area contributed by atoms with Gasteiger partial charge in [-0.2, -0.15) is 0 Å². The second-order valence-corrected chi connectivity index (χ2v) is 8.72. The smallest absolute Gasteiger partial charge is 0.335 e. The number of urea groups is 1. The molecule has 1 aromatic heterocycles. The molecule has 1 aliphatic rings. The number of amides is 4. The molecule has 0 bridgehead atoms. The van der Waals surface area contributed by atoms with Crippen LogP contribution in [0.25, 0.3) is 6.08 Å². The Morgan fingerprint density at radius 1 is 1.03 bits per heavy atom. The molecule has 7 nitrogen and oxygen atoms in total. The quantitative estimate of drug-likeness (QED) is 0.338. The van der Waals surface area contributed by atoms with E-state index >= 15 is 0 Å². The second-order valence-electron chi connectivity index (χ2n) is 8.29. The number of carbonyl (C=O) groups is 3. The van der Waals surface area contributed by atoms with Gasteiger partial charge in [0, 0.05) is 16.9 Å². The van der Waals surface area contributed by atoms with E-state index in [-0.39, 0.29) is 5.57 Å². The molecule has 3 aromatic rings. The maximum atomic E-state index is 13.2. The molecule has 8 heteroatoms. The number of anilines is 1. The van der Waals surface area contributed by atoms with Crippen molar-refractivity contribution in [2.24, 2.45) is 0 Å². The third-order valence-corrected chi connectivity index (χ3v) is 6.26. The Morgan fingerprint density at radius 2 is 1.74 bits per heavy atom. The Labute approximate surface area is 208 Å². The van der Waals surface area contributed by atoms with Crippen molar-refractivity contribution < 1.29 is 19.1 Å². The minimum atomic E-state index is -0.764. The van der Waals surface area contributed by atoms with Crippen LogP contribution in [0.4, 0.5) is 10.5 Å². The first kappa shape index (κ1) is 24.3. The fourth-order valence-electron chi connectivity index (χ4n) is 3.78. The van der Waals surface area contributed by atoms with E-state index < -0.39 is 17.8 Å². The number of ether oxygens (including phenoxy) is 1. The van der Waals surface area contributed by atoms with Crippen molar-refractivity contribution in [3.8, 4) is 5.75 Å². The molecule has 1 aliphatic heterocycles. The minimum absolute atomic E-state index is 0.117. The Bertz CT molecular complexity index is 1260. The van der Waals surface area contributed by atoms with Crippen molar-refractivity contribution in [1.82, 2.24) is 9.88 Å². The lowest BCUT2D eigenvalue weighted by Crippen LogP contribution is -2.54. The van der Waals surface area contributed by atoms with Crippen LogP contribution in [0.1, 0.15) is 37.4 Å². The molecule has 4 rings (SSSR count). The highest BCUT2D eigenvalue weighted by Crippen LogP contribution is 2.26. The van der Waals surface area contributed by atoms with Crippen LogP contribution in [0.5, 0.6) is 5.75 Å². The number of aromatic nitrogens is 1. The average molecular weight is 492 g/mol. The zero-order chi connectivity index (χ0) is 24.9. The van der Waals surface area contributed by atoms with E-state index in [9.17, 15) is 14.4 Å². The summed E-state index contributed by atoms with van der Waals surface area (Å²) >= 11 is 5.90. The minimum Gasteiger partial charge on any atom is -0.492 e. The summed E-state index contributed by atoms with van der Waals surface area (Å²) < 4.78 is 7.61. The lowest BCUT2D eigenvalue weighted by molar-refractivity contribution is -0.122. The van der Waals surface area contributed by atoms with E-state index in [2.05, 4.69) is 19.2 Å². The molecule has 1 atom stereocenters. The highest BCUT2D eigenvalue weighted by atomic mass is 35.5. The summed E-state index contributed by atoms with van der Waals surface area (Å²) in [5.74, 6) is -0.335. The fourth-order valence-corrected chi connectivity index (χ4v) is 3.91. The zero-order valence-electron chi connectivity index (χ0n) is 19.5. The highest BCUT2D eigenvalue weighted by Gasteiger charge is 2.37. The summed E-state index contributed by atoms with van der Waals surface area (Å²) in [6.07, 6.45) is 4.31. The van der Waals surface area contributed by atoms with Gasteiger partial charge in [0.2, 0.25) is 0 Å². The lowest BCUT2D eigenvalue weighted by atomic mass is 9.98. The number of nitrogens with one attached hydrogen (secondary N) is 1. The van der Waals surface area contributed by atoms with Crippen LogP contribution in [0.2, 0.25) is 5.02 Å². The summed E-state index contributed by atoms with van der Waals surface area (Å²) in [6.45, 7) is 5.08. The Hall–Kier alpha value is -3.84. The number of rotatable bonds is 8. The van der Waals surface area contributed by atoms with Crippen LogP contribution >= 0.6 is 11.6 Å². The van der Waals surface area contributed by atoms with E-state index in [0.717, 1.165) is 16.9 Å². The van der Waals surface area contributed by atoms with Gasteiger partial charge < -0.3 is 9.30 Å². The highest BCUT2D eigenvalue weighted by molar-refractivity contribution is 6.39. The molecule has 4 amide bonds. The van der Waals surface area contributed by atoms with Crippen LogP contribution in [-0.4, -0.2) is 29.0 Å². The first-order chi connectivity index (χ1) is 16.9. The Kier molecular flexibility index (Phi) is 7.36. The molecule has 0 unspecified atom stereocenters. The van der Waals surface area contributed by atoms with Crippen molar-refractivity contribution in [3.05, 3.63) is 88.7 Å².